The van der Waals surface area contributed by atoms with Crippen LogP contribution in [-0.4, -0.2) is 126 Å². The summed E-state index contributed by atoms with van der Waals surface area (Å²) in [7, 11) is 1.64. The van der Waals surface area contributed by atoms with Crippen LogP contribution in [-0.2, 0) is 20.9 Å². The van der Waals surface area contributed by atoms with E-state index in [9.17, 15) is 14.7 Å². The highest BCUT2D eigenvalue weighted by molar-refractivity contribution is 6.06. The number of aliphatic hydroxyl groups excluding tert-OH is 1. The number of carbonyl (C=O) groups is 2. The summed E-state index contributed by atoms with van der Waals surface area (Å²) < 4.78 is 36.7. The van der Waals surface area contributed by atoms with E-state index in [0.717, 1.165) is 87.9 Å². The molecule has 6 atom stereocenters. The molecule has 0 unspecified atom stereocenters. The van der Waals surface area contributed by atoms with Crippen LogP contribution in [0.25, 0.3) is 55.3 Å². The molecule has 408 valence electrons. The molecule has 4 N–H and O–H groups in total. The Labute approximate surface area is 457 Å². The fraction of sp³-hybridized carbons (Fsp3) is 0.400. The van der Waals surface area contributed by atoms with Gasteiger partial charge in [0.1, 0.15) is 48.1 Å². The Kier molecular flexibility index (Phi) is 14.3. The normalized spacial score (nSPS) is 19.2. The zero-order chi connectivity index (χ0) is 54.5. The number of hydrogen-bond donors (Lipinski definition) is 4. The van der Waals surface area contributed by atoms with Gasteiger partial charge in [0, 0.05) is 78.7 Å². The van der Waals surface area contributed by atoms with Gasteiger partial charge in [-0.15, -0.1) is 5.10 Å². The standard InChI is InChI=1S/C60H65FN12O6/c1-33(2)55(59(76)71-21-7-9-51(71)58(75)65-50(30-74)40-18-14-37(15-19-40)41-8-6-20-62-25-41)73-29-49(69-70-73)39-12-10-36(11-13-39)32-78-56-53(52-35(4)47(61)24-48-46(52)27-64-68-48)44(38-16-17-38)23-45-54(56)66-60(79-31-34(3)77-5)67-57(45)72-28-42-22-43(72)26-63-42/h6,8,10-15,18-20,23-25,27,29,33-34,38,42-43,50-51,55,63,74H,7,9,16-17,21-22,26,28,30-32H2,1-5H3,(H,64,68)(H,65,75)/t34-,42-,43-,50-,51-,55-/m0/s1. The van der Waals surface area contributed by atoms with Gasteiger partial charge >= 0.3 is 6.01 Å². The monoisotopic (exact) mass is 1070 g/mol. The van der Waals surface area contributed by atoms with Crippen LogP contribution in [0.3, 0.4) is 0 Å². The second-order valence-corrected chi connectivity index (χ2v) is 21.9. The highest BCUT2D eigenvalue weighted by atomic mass is 19.1. The van der Waals surface area contributed by atoms with E-state index in [2.05, 4.69) is 47.1 Å². The van der Waals surface area contributed by atoms with Crippen molar-refractivity contribution in [2.45, 2.75) is 109 Å². The van der Waals surface area contributed by atoms with Crippen molar-refractivity contribution < 1.29 is 33.3 Å². The molecule has 3 saturated heterocycles. The summed E-state index contributed by atoms with van der Waals surface area (Å²) >= 11 is 0. The third-order valence-corrected chi connectivity index (χ3v) is 16.3. The van der Waals surface area contributed by atoms with Gasteiger partial charge in [0.15, 0.2) is 5.75 Å². The van der Waals surface area contributed by atoms with Crippen LogP contribution >= 0.6 is 0 Å². The fourth-order valence-electron chi connectivity index (χ4n) is 11.8. The van der Waals surface area contributed by atoms with Crippen molar-refractivity contribution in [3.63, 3.8) is 0 Å². The van der Waals surface area contributed by atoms with E-state index in [1.54, 1.807) is 48.4 Å². The lowest BCUT2D eigenvalue weighted by atomic mass is 9.88. The van der Waals surface area contributed by atoms with Gasteiger partial charge in [0.25, 0.3) is 0 Å². The molecular weight excluding hydrogens is 1000 g/mol. The van der Waals surface area contributed by atoms with Crippen LogP contribution in [0.15, 0.2) is 97.6 Å². The zero-order valence-corrected chi connectivity index (χ0v) is 45.0. The molecule has 2 amide bonds. The van der Waals surface area contributed by atoms with Crippen LogP contribution in [0.2, 0.25) is 0 Å². The SMILES string of the molecule is CO[C@@H](C)COc1nc(N2C[C@@H]3C[C@H]2CN3)c2cc(C3CC3)c(-c3c(C)c(F)cc4[nH]ncc34)c(OCc3ccc(-c4cn([C@H](C(=O)N5CCC[C@H]5C(=O)N[C@@H](CO)c5ccc(-c6cccnc6)cc5)C(C)C)nn4)cc3)c2n1. The average molecular weight is 1070 g/mol. The number of fused-ring (bicyclic) bond motifs is 4. The number of pyridine rings is 1. The number of carbonyl (C=O) groups excluding carboxylic acids is 2. The van der Waals surface area contributed by atoms with E-state index < -0.39 is 18.1 Å². The number of hydrogen-bond acceptors (Lipinski definition) is 14. The number of halogens is 1. The van der Waals surface area contributed by atoms with Gasteiger partial charge in [-0.05, 0) is 109 Å². The van der Waals surface area contributed by atoms with Crippen LogP contribution in [0.1, 0.15) is 93.1 Å². The van der Waals surface area contributed by atoms with Crippen molar-refractivity contribution in [1.29, 1.82) is 0 Å². The van der Waals surface area contributed by atoms with Crippen molar-refractivity contribution in [3.05, 3.63) is 126 Å². The summed E-state index contributed by atoms with van der Waals surface area (Å²) in [6.07, 6.45) is 11.0. The maximum absolute atomic E-state index is 16.1. The topological polar surface area (TPSA) is 211 Å². The number of piperazine rings is 1. The molecule has 12 rings (SSSR count). The third kappa shape index (κ3) is 10.1. The van der Waals surface area contributed by atoms with E-state index >= 15 is 4.39 Å². The number of methoxy groups -OCH3 is 1. The summed E-state index contributed by atoms with van der Waals surface area (Å²) in [6, 6.07) is 21.8. The van der Waals surface area contributed by atoms with Gasteiger partial charge < -0.3 is 39.8 Å². The van der Waals surface area contributed by atoms with Crippen molar-refractivity contribution in [1.82, 2.24) is 55.7 Å². The Morgan fingerprint density at radius 3 is 2.46 bits per heavy atom. The van der Waals surface area contributed by atoms with Gasteiger partial charge in [-0.25, -0.2) is 9.07 Å². The van der Waals surface area contributed by atoms with E-state index in [1.165, 1.54) is 6.07 Å². The summed E-state index contributed by atoms with van der Waals surface area (Å²) in [4.78, 5) is 47.0. The molecule has 79 heavy (non-hydrogen) atoms. The number of aliphatic hydroxyl groups is 1. The number of likely N-dealkylation sites (tertiary alicyclic amines) is 1. The molecule has 4 aromatic carbocycles. The lowest BCUT2D eigenvalue weighted by Crippen LogP contribution is -2.50. The van der Waals surface area contributed by atoms with Gasteiger partial charge in [0.05, 0.1) is 36.7 Å². The first-order valence-electron chi connectivity index (χ1n) is 27.5. The second-order valence-electron chi connectivity index (χ2n) is 21.9. The number of anilines is 1. The Hall–Kier alpha value is -7.87. The molecule has 1 saturated carbocycles. The third-order valence-electron chi connectivity index (χ3n) is 16.3. The first-order valence-corrected chi connectivity index (χ1v) is 27.5. The summed E-state index contributed by atoms with van der Waals surface area (Å²) in [5.41, 5.74) is 9.09. The number of H-pyrrole nitrogens is 1. The highest BCUT2D eigenvalue weighted by Crippen LogP contribution is 2.53. The number of nitrogens with zero attached hydrogens (tertiary/aromatic N) is 9. The lowest BCUT2D eigenvalue weighted by molar-refractivity contribution is -0.142. The molecule has 0 radical (unpaired) electrons. The van der Waals surface area contributed by atoms with Crippen molar-refractivity contribution in [2.75, 3.05) is 44.9 Å². The largest absolute Gasteiger partial charge is 0.486 e. The predicted molar refractivity (Wildman–Crippen MR) is 297 cm³/mol. The highest BCUT2D eigenvalue weighted by Gasteiger charge is 2.42. The Morgan fingerprint density at radius 2 is 1.75 bits per heavy atom. The Balaban J connectivity index is 0.819. The quantitative estimate of drug-likeness (QED) is 0.0600. The summed E-state index contributed by atoms with van der Waals surface area (Å²) in [6.45, 7) is 9.79. The Morgan fingerprint density at radius 1 is 0.937 bits per heavy atom. The maximum Gasteiger partial charge on any atom is 0.319 e. The number of aromatic nitrogens is 8. The number of nitrogens with one attached hydrogen (secondary N) is 3. The molecule has 4 aliphatic rings. The number of rotatable bonds is 19. The number of aromatic amines is 1. The van der Waals surface area contributed by atoms with Gasteiger partial charge in [-0.3, -0.25) is 19.7 Å². The first kappa shape index (κ1) is 51.9. The number of benzene rings is 4. The van der Waals surface area contributed by atoms with E-state index in [-0.39, 0.29) is 67.4 Å². The predicted octanol–water partition coefficient (Wildman–Crippen LogP) is 8.40. The van der Waals surface area contributed by atoms with E-state index in [4.69, 9.17) is 24.2 Å². The molecule has 19 heteroatoms. The molecule has 1 aliphatic carbocycles. The smallest absolute Gasteiger partial charge is 0.319 e. The molecule has 3 aliphatic heterocycles. The molecule has 4 aromatic heterocycles. The number of amides is 2. The fourth-order valence-corrected chi connectivity index (χ4v) is 11.8. The van der Waals surface area contributed by atoms with Gasteiger partial charge in [-0.2, -0.15) is 15.1 Å². The van der Waals surface area contributed by atoms with E-state index in [0.29, 0.717) is 59.0 Å². The first-order chi connectivity index (χ1) is 38.4. The van der Waals surface area contributed by atoms with E-state index in [1.807, 2.05) is 81.4 Å². The molecule has 18 nitrogen and oxygen atoms in total. The van der Waals surface area contributed by atoms with Crippen LogP contribution in [0, 0.1) is 18.7 Å². The molecule has 7 heterocycles. The van der Waals surface area contributed by atoms with Crippen LogP contribution < -0.4 is 25.0 Å². The minimum Gasteiger partial charge on any atom is -0.486 e. The van der Waals surface area contributed by atoms with Crippen LogP contribution in [0.5, 0.6) is 11.8 Å². The van der Waals surface area contributed by atoms with Gasteiger partial charge in [0.2, 0.25) is 11.8 Å². The molecule has 8 aromatic rings. The molecular formula is C60H65FN12O6. The maximum atomic E-state index is 16.1. The van der Waals surface area contributed by atoms with Crippen molar-refractivity contribution in [2.24, 2.45) is 5.92 Å². The molecule has 2 bridgehead atoms. The van der Waals surface area contributed by atoms with Crippen LogP contribution in [0.4, 0.5) is 10.2 Å². The molecule has 4 fully saturated rings. The summed E-state index contributed by atoms with van der Waals surface area (Å²) in [5, 5.41) is 35.1. The van der Waals surface area contributed by atoms with Crippen molar-refractivity contribution in [3.8, 4) is 45.3 Å². The second kappa shape index (κ2) is 21.8. The lowest BCUT2D eigenvalue weighted by Gasteiger charge is -2.30. The number of ether oxygens (including phenoxy) is 3. The summed E-state index contributed by atoms with van der Waals surface area (Å²) in [5.74, 6) is 0.453. The zero-order valence-electron chi connectivity index (χ0n) is 45.0. The average Bonchev–Trinajstić information content (AvgIpc) is 4.29. The van der Waals surface area contributed by atoms with Gasteiger partial charge in [-0.1, -0.05) is 73.7 Å². The minimum absolute atomic E-state index is 0.145. The minimum atomic E-state index is -0.729. The van der Waals surface area contributed by atoms with Crippen molar-refractivity contribution >= 4 is 39.4 Å². The molecule has 0 spiro atoms. The Bertz CT molecular complexity index is 3530.